The summed E-state index contributed by atoms with van der Waals surface area (Å²) in [4.78, 5) is 5.23. The van der Waals surface area contributed by atoms with Crippen molar-refractivity contribution in [1.82, 2.24) is 15.2 Å². The fourth-order valence-corrected chi connectivity index (χ4v) is 11.1. The molecule has 6 heteroatoms. The Morgan fingerprint density at radius 2 is 1.14 bits per heavy atom. The van der Waals surface area contributed by atoms with E-state index in [1.165, 1.54) is 84.5 Å². The Morgan fingerprint density at radius 3 is 1.95 bits per heavy atom. The second-order valence-electron chi connectivity index (χ2n) is 14.8. The third kappa shape index (κ3) is 5.33. The minimum atomic E-state index is -0.208. The van der Waals surface area contributed by atoms with Crippen molar-refractivity contribution in [3.63, 3.8) is 0 Å². The molecule has 0 amide bonds. The summed E-state index contributed by atoms with van der Waals surface area (Å²) in [6.07, 6.45) is -0.283. The third-order valence-electron chi connectivity index (χ3n) is 11.5. The zero-order chi connectivity index (χ0) is 37.5. The van der Waals surface area contributed by atoms with Crippen LogP contribution in [0.4, 0.5) is 0 Å². The van der Waals surface area contributed by atoms with Gasteiger partial charge in [0.05, 0.1) is 11.0 Å². The second kappa shape index (κ2) is 13.0. The molecule has 3 aromatic heterocycles. The summed E-state index contributed by atoms with van der Waals surface area (Å²) in [5.41, 5.74) is 9.58. The van der Waals surface area contributed by atoms with Crippen LogP contribution < -0.4 is 10.6 Å². The molecule has 0 fully saturated rings. The van der Waals surface area contributed by atoms with Gasteiger partial charge in [-0.05, 0) is 70.8 Å². The van der Waals surface area contributed by atoms with E-state index in [4.69, 9.17) is 4.99 Å². The summed E-state index contributed by atoms with van der Waals surface area (Å²) < 4.78 is 7.61. The molecule has 2 atom stereocenters. The Kier molecular flexibility index (Phi) is 7.45. The fourth-order valence-electron chi connectivity index (χ4n) is 8.78. The molecule has 0 spiro atoms. The maximum Gasteiger partial charge on any atom is 0.131 e. The Bertz CT molecular complexity index is 3320. The Morgan fingerprint density at radius 1 is 0.456 bits per heavy atom. The maximum atomic E-state index is 5.23. The van der Waals surface area contributed by atoms with Crippen molar-refractivity contribution in [3.05, 3.63) is 199 Å². The Hall–Kier alpha value is -6.57. The van der Waals surface area contributed by atoms with Gasteiger partial charge < -0.3 is 9.88 Å². The van der Waals surface area contributed by atoms with Crippen LogP contribution in [0.15, 0.2) is 187 Å². The number of hydrogen-bond donors (Lipinski definition) is 2. The van der Waals surface area contributed by atoms with E-state index >= 15 is 0 Å². The molecular formula is C51H34N4S2. The molecule has 0 radical (unpaired) electrons. The van der Waals surface area contributed by atoms with Crippen LogP contribution in [0.5, 0.6) is 0 Å². The molecule has 8 aromatic carbocycles. The molecular weight excluding hydrogens is 733 g/mol. The Balaban J connectivity index is 0.934. The molecule has 12 rings (SSSR count). The first-order valence-electron chi connectivity index (χ1n) is 19.3. The van der Waals surface area contributed by atoms with Gasteiger partial charge in [0.1, 0.15) is 18.2 Å². The maximum absolute atomic E-state index is 5.23. The average Bonchev–Trinajstić information content (AvgIpc) is 3.95. The number of rotatable bonds is 5. The minimum absolute atomic E-state index is 0.0746. The zero-order valence-corrected chi connectivity index (χ0v) is 32.3. The largest absolute Gasteiger partial charge is 0.350 e. The van der Waals surface area contributed by atoms with Crippen LogP contribution in [0.25, 0.3) is 79.0 Å². The number of benzene rings is 8. The molecule has 1 aliphatic rings. The van der Waals surface area contributed by atoms with Crippen molar-refractivity contribution in [2.45, 2.75) is 12.3 Å². The van der Waals surface area contributed by atoms with Crippen LogP contribution in [0, 0.1) is 0 Å². The first kappa shape index (κ1) is 32.7. The van der Waals surface area contributed by atoms with Crippen molar-refractivity contribution in [3.8, 4) is 16.8 Å². The average molecular weight is 767 g/mol. The molecule has 4 heterocycles. The van der Waals surface area contributed by atoms with Crippen molar-refractivity contribution in [1.29, 1.82) is 0 Å². The van der Waals surface area contributed by atoms with E-state index < -0.39 is 0 Å². The first-order valence-corrected chi connectivity index (χ1v) is 21.0. The van der Waals surface area contributed by atoms with Gasteiger partial charge in [0.15, 0.2) is 0 Å². The molecule has 11 aromatic rings. The summed E-state index contributed by atoms with van der Waals surface area (Å²) in [7, 11) is 0. The molecule has 0 aliphatic carbocycles. The van der Waals surface area contributed by atoms with Crippen LogP contribution in [-0.2, 0) is 0 Å². The summed E-state index contributed by atoms with van der Waals surface area (Å²) in [6, 6.07) is 66.1. The van der Waals surface area contributed by atoms with E-state index in [0.717, 1.165) is 17.0 Å². The van der Waals surface area contributed by atoms with Gasteiger partial charge in [-0.1, -0.05) is 133 Å². The third-order valence-corrected chi connectivity index (χ3v) is 13.8. The minimum Gasteiger partial charge on any atom is -0.350 e. The van der Waals surface area contributed by atoms with Crippen LogP contribution in [0.2, 0.25) is 0 Å². The van der Waals surface area contributed by atoms with Crippen molar-refractivity contribution in [2.24, 2.45) is 4.99 Å². The standard InChI is InChI=1S/C51H34N4S2/c1-3-12-31(13-4-1)49-52-50(32-14-5-2-6-15-32)54-51(53-49)34-23-26-46-41(28-34)40-19-11-18-36(48(40)57-46)33-22-25-39-42-30-35(24-27-45(42)56-47(39)29-33)55-43-20-9-7-16-37(43)38-17-8-10-21-44(38)55/h1-30,49,51,53H,(H,52,54). The van der Waals surface area contributed by atoms with Gasteiger partial charge in [0.25, 0.3) is 0 Å². The predicted molar refractivity (Wildman–Crippen MR) is 243 cm³/mol. The number of para-hydroxylation sites is 2. The molecule has 2 N–H and O–H groups in total. The topological polar surface area (TPSA) is 41.4 Å². The lowest BCUT2D eigenvalue weighted by Crippen LogP contribution is -2.44. The molecule has 4 nitrogen and oxygen atoms in total. The number of thiophene rings is 2. The number of aliphatic imine (C=N–C) groups is 1. The van der Waals surface area contributed by atoms with Crippen molar-refractivity contribution < 1.29 is 0 Å². The van der Waals surface area contributed by atoms with Crippen LogP contribution >= 0.6 is 22.7 Å². The van der Waals surface area contributed by atoms with Gasteiger partial charge in [0.2, 0.25) is 0 Å². The zero-order valence-electron chi connectivity index (χ0n) is 30.7. The molecule has 0 saturated carbocycles. The van der Waals surface area contributed by atoms with Gasteiger partial charge in [-0.15, -0.1) is 22.7 Å². The highest BCUT2D eigenvalue weighted by Gasteiger charge is 2.26. The molecule has 57 heavy (non-hydrogen) atoms. The normalized spacial score (nSPS) is 15.9. The van der Waals surface area contributed by atoms with Crippen LogP contribution in [0.1, 0.15) is 29.0 Å². The van der Waals surface area contributed by atoms with E-state index in [1.54, 1.807) is 0 Å². The van der Waals surface area contributed by atoms with Gasteiger partial charge in [-0.25, -0.2) is 4.99 Å². The van der Waals surface area contributed by atoms with Gasteiger partial charge in [-0.3, -0.25) is 5.32 Å². The van der Waals surface area contributed by atoms with E-state index in [-0.39, 0.29) is 12.3 Å². The van der Waals surface area contributed by atoms with Gasteiger partial charge in [0, 0.05) is 62.4 Å². The monoisotopic (exact) mass is 766 g/mol. The second-order valence-corrected chi connectivity index (χ2v) is 16.9. The molecule has 1 aliphatic heterocycles. The summed E-state index contributed by atoms with van der Waals surface area (Å²) in [6.45, 7) is 0. The summed E-state index contributed by atoms with van der Waals surface area (Å²) >= 11 is 3.76. The number of aromatic nitrogens is 1. The smallest absolute Gasteiger partial charge is 0.131 e. The molecule has 0 saturated heterocycles. The number of nitrogens with one attached hydrogen (secondary N) is 2. The van der Waals surface area contributed by atoms with E-state index in [9.17, 15) is 0 Å². The van der Waals surface area contributed by atoms with Crippen molar-refractivity contribution >= 4 is 90.7 Å². The lowest BCUT2D eigenvalue weighted by Gasteiger charge is -2.32. The quantitative estimate of drug-likeness (QED) is 0.183. The number of amidine groups is 1. The fraction of sp³-hybridized carbons (Fsp3) is 0.0392. The number of hydrogen-bond acceptors (Lipinski definition) is 5. The predicted octanol–water partition coefficient (Wildman–Crippen LogP) is 13.5. The van der Waals surface area contributed by atoms with Crippen LogP contribution in [-0.4, -0.2) is 10.4 Å². The van der Waals surface area contributed by atoms with E-state index in [2.05, 4.69) is 191 Å². The number of fused-ring (bicyclic) bond motifs is 9. The molecule has 270 valence electrons. The molecule has 0 bridgehead atoms. The lowest BCUT2D eigenvalue weighted by atomic mass is 10.0. The highest BCUT2D eigenvalue weighted by Crippen LogP contribution is 2.44. The Labute approximate surface area is 337 Å². The first-order chi connectivity index (χ1) is 28.2. The molecule has 2 unspecified atom stereocenters. The van der Waals surface area contributed by atoms with Crippen LogP contribution in [0.3, 0.4) is 0 Å². The number of nitrogens with zero attached hydrogens (tertiary/aromatic N) is 2. The highest BCUT2D eigenvalue weighted by atomic mass is 32.1. The van der Waals surface area contributed by atoms with Gasteiger partial charge >= 0.3 is 0 Å². The lowest BCUT2D eigenvalue weighted by molar-refractivity contribution is 0.409. The van der Waals surface area contributed by atoms with Gasteiger partial charge in [-0.2, -0.15) is 0 Å². The van der Waals surface area contributed by atoms with E-state index in [1.807, 2.05) is 28.7 Å². The van der Waals surface area contributed by atoms with Crippen molar-refractivity contribution in [2.75, 3.05) is 0 Å². The summed E-state index contributed by atoms with van der Waals surface area (Å²) in [5, 5.41) is 15.2. The van der Waals surface area contributed by atoms with E-state index in [0.29, 0.717) is 0 Å². The summed E-state index contributed by atoms with van der Waals surface area (Å²) in [5.74, 6) is 0.894. The SMILES string of the molecule is c1ccc(C2=NC(c3ccc4sc5c(-c6ccc7c(c6)sc6ccc(-n8c9ccccc9c9ccccc98)cc67)cccc5c4c3)NC(c3ccccc3)N2)cc1. The highest BCUT2D eigenvalue weighted by molar-refractivity contribution is 7.26.